The van der Waals surface area contributed by atoms with Crippen molar-refractivity contribution in [1.82, 2.24) is 0 Å². The third-order valence-electron chi connectivity index (χ3n) is 3.59. The van der Waals surface area contributed by atoms with Crippen molar-refractivity contribution >= 4 is 17.7 Å². The van der Waals surface area contributed by atoms with E-state index in [1.54, 1.807) is 0 Å². The van der Waals surface area contributed by atoms with Crippen molar-refractivity contribution in [2.24, 2.45) is 5.92 Å². The molecule has 0 radical (unpaired) electrons. The van der Waals surface area contributed by atoms with Crippen molar-refractivity contribution in [2.45, 2.75) is 77.6 Å². The van der Waals surface area contributed by atoms with Crippen LogP contribution in [0.2, 0.25) is 0 Å². The number of unbranched alkanes of at least 4 members (excludes halogenated alkanes) is 8. The van der Waals surface area contributed by atoms with E-state index in [9.17, 15) is 14.4 Å². The van der Waals surface area contributed by atoms with Crippen molar-refractivity contribution in [3.8, 4) is 0 Å². The number of carbonyl (C=O) groups is 3. The number of carboxylic acids is 2. The van der Waals surface area contributed by atoms with Gasteiger partial charge in [-0.15, -0.1) is 0 Å². The van der Waals surface area contributed by atoms with Gasteiger partial charge in [-0.25, -0.2) is 0 Å². The molecule has 0 aromatic heterocycles. The SMILES string of the molecule is CCCCCCCCCCCC(=O)C(CC(=O)O)C(=O)O.[H-].[Na+]. The molecule has 1 unspecified atom stereocenters. The molecule has 0 fully saturated rings. The Morgan fingerprint density at radius 3 is 1.73 bits per heavy atom. The summed E-state index contributed by atoms with van der Waals surface area (Å²) in [5, 5.41) is 17.4. The number of carbonyl (C=O) groups excluding carboxylic acids is 1. The van der Waals surface area contributed by atoms with Gasteiger partial charge in [-0.1, -0.05) is 58.3 Å². The zero-order chi connectivity index (χ0) is 16.1. The molecule has 0 saturated heterocycles. The fraction of sp³-hybridized carbons (Fsp3) is 0.812. The van der Waals surface area contributed by atoms with E-state index >= 15 is 0 Å². The van der Waals surface area contributed by atoms with E-state index in [0.717, 1.165) is 19.3 Å². The normalized spacial score (nSPS) is 11.5. The first-order chi connectivity index (χ1) is 9.99. The largest absolute Gasteiger partial charge is 1.00 e. The van der Waals surface area contributed by atoms with Crippen LogP contribution in [0.3, 0.4) is 0 Å². The smallest absolute Gasteiger partial charge is 1.00 e. The number of rotatable bonds is 14. The van der Waals surface area contributed by atoms with E-state index in [1.165, 1.54) is 32.1 Å². The fourth-order valence-electron chi connectivity index (χ4n) is 2.30. The third kappa shape index (κ3) is 13.3. The van der Waals surface area contributed by atoms with Gasteiger partial charge in [-0.05, 0) is 6.42 Å². The van der Waals surface area contributed by atoms with E-state index in [1.807, 2.05) is 0 Å². The molecule has 0 rings (SSSR count). The van der Waals surface area contributed by atoms with Crippen LogP contribution in [0.15, 0.2) is 0 Å². The average molecular weight is 324 g/mol. The van der Waals surface area contributed by atoms with Crippen LogP contribution in [0.4, 0.5) is 0 Å². The van der Waals surface area contributed by atoms with Crippen LogP contribution >= 0.6 is 0 Å². The van der Waals surface area contributed by atoms with Crippen LogP contribution in [-0.4, -0.2) is 27.9 Å². The van der Waals surface area contributed by atoms with E-state index in [0.29, 0.717) is 6.42 Å². The van der Waals surface area contributed by atoms with Gasteiger partial charge in [0.2, 0.25) is 0 Å². The van der Waals surface area contributed by atoms with Crippen LogP contribution in [0.1, 0.15) is 79.0 Å². The number of carboxylic acid groups (broad SMARTS) is 2. The second-order valence-electron chi connectivity index (χ2n) is 5.53. The van der Waals surface area contributed by atoms with Crippen LogP contribution in [0, 0.1) is 5.92 Å². The molecular weight excluding hydrogens is 295 g/mol. The molecule has 6 heteroatoms. The van der Waals surface area contributed by atoms with Crippen LogP contribution in [0.5, 0.6) is 0 Å². The predicted octanol–water partition coefficient (Wildman–Crippen LogP) is 0.768. The Morgan fingerprint density at radius 2 is 1.32 bits per heavy atom. The zero-order valence-electron chi connectivity index (χ0n) is 15.0. The molecule has 0 aliphatic rings. The van der Waals surface area contributed by atoms with Crippen LogP contribution < -0.4 is 29.6 Å². The molecule has 0 bridgehead atoms. The first kappa shape index (κ1) is 23.9. The van der Waals surface area contributed by atoms with E-state index in [-0.39, 0.29) is 37.4 Å². The van der Waals surface area contributed by atoms with Gasteiger partial charge in [-0.3, -0.25) is 14.4 Å². The van der Waals surface area contributed by atoms with Crippen molar-refractivity contribution < 1.29 is 55.6 Å². The topological polar surface area (TPSA) is 91.7 Å². The van der Waals surface area contributed by atoms with Gasteiger partial charge in [0.05, 0.1) is 6.42 Å². The number of hydrogen-bond donors (Lipinski definition) is 2. The summed E-state index contributed by atoms with van der Waals surface area (Å²) >= 11 is 0. The summed E-state index contributed by atoms with van der Waals surface area (Å²) in [4.78, 5) is 33.1. The minimum Gasteiger partial charge on any atom is -1.00 e. The third-order valence-corrected chi connectivity index (χ3v) is 3.59. The standard InChI is InChI=1S/C16H28O5.Na.H/c1-2-3-4-5-6-7-8-9-10-11-14(17)13(16(20)21)12-15(18)19;;/h13H,2-12H2,1H3,(H,18,19)(H,20,21);;/q;+1;-1. The van der Waals surface area contributed by atoms with Gasteiger partial charge in [-0.2, -0.15) is 0 Å². The maximum atomic E-state index is 11.7. The monoisotopic (exact) mass is 324 g/mol. The molecule has 0 aromatic rings. The van der Waals surface area contributed by atoms with Gasteiger partial charge in [0.25, 0.3) is 0 Å². The summed E-state index contributed by atoms with van der Waals surface area (Å²) in [5.74, 6) is -4.44. The molecular formula is C16H29NaO5. The molecule has 124 valence electrons. The maximum Gasteiger partial charge on any atom is 1.00 e. The molecule has 0 aromatic carbocycles. The van der Waals surface area contributed by atoms with Crippen LogP contribution in [-0.2, 0) is 14.4 Å². The molecule has 0 heterocycles. The second kappa shape index (κ2) is 15.5. The van der Waals surface area contributed by atoms with Gasteiger partial charge < -0.3 is 11.6 Å². The summed E-state index contributed by atoms with van der Waals surface area (Å²) in [7, 11) is 0. The number of ketones is 1. The summed E-state index contributed by atoms with van der Waals surface area (Å²) in [6.45, 7) is 2.19. The summed E-state index contributed by atoms with van der Waals surface area (Å²) in [6.07, 6.45) is 9.58. The molecule has 0 amide bonds. The van der Waals surface area contributed by atoms with Gasteiger partial charge >= 0.3 is 41.5 Å². The molecule has 1 atom stereocenters. The number of hydrogen-bond acceptors (Lipinski definition) is 3. The van der Waals surface area contributed by atoms with Crippen molar-refractivity contribution in [3.05, 3.63) is 0 Å². The van der Waals surface area contributed by atoms with Crippen molar-refractivity contribution in [2.75, 3.05) is 0 Å². The molecule has 0 aliphatic carbocycles. The summed E-state index contributed by atoms with van der Waals surface area (Å²) in [5.41, 5.74) is 0. The first-order valence-corrected chi connectivity index (χ1v) is 7.96. The Kier molecular flexibility index (Phi) is 16.8. The molecule has 22 heavy (non-hydrogen) atoms. The molecule has 0 spiro atoms. The average Bonchev–Trinajstić information content (AvgIpc) is 2.42. The van der Waals surface area contributed by atoms with Gasteiger partial charge in [0.15, 0.2) is 0 Å². The molecule has 0 aliphatic heterocycles. The van der Waals surface area contributed by atoms with Crippen LogP contribution in [0.25, 0.3) is 0 Å². The Balaban J connectivity index is -0.00000200. The molecule has 2 N–H and O–H groups in total. The second-order valence-corrected chi connectivity index (χ2v) is 5.53. The Hall–Kier alpha value is -0.390. The van der Waals surface area contributed by atoms with Gasteiger partial charge in [0, 0.05) is 6.42 Å². The van der Waals surface area contributed by atoms with E-state index in [4.69, 9.17) is 10.2 Å². The maximum absolute atomic E-state index is 11.7. The summed E-state index contributed by atoms with van der Waals surface area (Å²) in [6, 6.07) is 0. The first-order valence-electron chi connectivity index (χ1n) is 7.96. The van der Waals surface area contributed by atoms with E-state index in [2.05, 4.69) is 6.92 Å². The fourth-order valence-corrected chi connectivity index (χ4v) is 2.30. The molecule has 0 saturated carbocycles. The Morgan fingerprint density at radius 1 is 0.864 bits per heavy atom. The predicted molar refractivity (Wildman–Crippen MR) is 81.3 cm³/mol. The Bertz CT molecular complexity index is 336. The number of aliphatic carboxylic acids is 2. The molecule has 5 nitrogen and oxygen atoms in total. The zero-order valence-corrected chi connectivity index (χ0v) is 16.0. The van der Waals surface area contributed by atoms with Gasteiger partial charge in [0.1, 0.15) is 11.7 Å². The Labute approximate surface area is 156 Å². The van der Waals surface area contributed by atoms with Crippen molar-refractivity contribution in [3.63, 3.8) is 0 Å². The minimum atomic E-state index is -1.39. The van der Waals surface area contributed by atoms with Crippen molar-refractivity contribution in [1.29, 1.82) is 0 Å². The van der Waals surface area contributed by atoms with E-state index < -0.39 is 30.1 Å². The summed E-state index contributed by atoms with van der Waals surface area (Å²) < 4.78 is 0. The minimum absolute atomic E-state index is 0. The quantitative estimate of drug-likeness (QED) is 0.280. The number of Topliss-reactive ketones (excluding diaryl/α,β-unsaturated/α-hetero) is 1.